The smallest absolute Gasteiger partial charge is 0.243 e. The third kappa shape index (κ3) is 6.90. The fourth-order valence-electron chi connectivity index (χ4n) is 3.60. The van der Waals surface area contributed by atoms with E-state index in [0.717, 1.165) is 21.9 Å². The molecule has 0 fully saturated rings. The zero-order chi connectivity index (χ0) is 24.5. The predicted molar refractivity (Wildman–Crippen MR) is 129 cm³/mol. The van der Waals surface area contributed by atoms with Crippen LogP contribution in [-0.4, -0.2) is 35.7 Å². The van der Waals surface area contributed by atoms with Crippen molar-refractivity contribution in [2.45, 2.75) is 38.4 Å². The highest BCUT2D eigenvalue weighted by atomic mass is 16.2. The first-order chi connectivity index (χ1) is 16.3. The standard InChI is InChI=1S/C26H28N4O4/c1-17(25(33)28-16-20-12-7-11-19-10-5-6-13-21(19)20)29-26(34)22(15-23(27)31)30-24(32)14-18-8-3-2-4-9-18/h2-13,17,22H,14-16H2,1H3,(H2,27,31)(H,28,33)(H,29,34)(H,30,32). The summed E-state index contributed by atoms with van der Waals surface area (Å²) in [5.41, 5.74) is 6.97. The summed E-state index contributed by atoms with van der Waals surface area (Å²) >= 11 is 0. The molecule has 34 heavy (non-hydrogen) atoms. The van der Waals surface area contributed by atoms with Crippen LogP contribution >= 0.6 is 0 Å². The number of hydrogen-bond acceptors (Lipinski definition) is 4. The van der Waals surface area contributed by atoms with Gasteiger partial charge in [-0.25, -0.2) is 0 Å². The Bertz CT molecular complexity index is 1170. The summed E-state index contributed by atoms with van der Waals surface area (Å²) in [4.78, 5) is 49.1. The Balaban J connectivity index is 1.57. The average Bonchev–Trinajstić information content (AvgIpc) is 2.82. The Labute approximate surface area is 197 Å². The van der Waals surface area contributed by atoms with Crippen LogP contribution < -0.4 is 21.7 Å². The maximum Gasteiger partial charge on any atom is 0.243 e. The van der Waals surface area contributed by atoms with Crippen molar-refractivity contribution in [3.05, 3.63) is 83.9 Å². The van der Waals surface area contributed by atoms with Crippen LogP contribution in [0.15, 0.2) is 72.8 Å². The molecular formula is C26H28N4O4. The van der Waals surface area contributed by atoms with Crippen molar-refractivity contribution in [1.82, 2.24) is 16.0 Å². The van der Waals surface area contributed by atoms with Gasteiger partial charge in [0.25, 0.3) is 0 Å². The highest BCUT2D eigenvalue weighted by Crippen LogP contribution is 2.18. The minimum Gasteiger partial charge on any atom is -0.370 e. The quantitative estimate of drug-likeness (QED) is 0.366. The van der Waals surface area contributed by atoms with Crippen LogP contribution in [0.5, 0.6) is 0 Å². The van der Waals surface area contributed by atoms with Gasteiger partial charge in [0.1, 0.15) is 12.1 Å². The number of amides is 4. The van der Waals surface area contributed by atoms with Crippen molar-refractivity contribution in [2.75, 3.05) is 0 Å². The van der Waals surface area contributed by atoms with Gasteiger partial charge in [-0.05, 0) is 28.8 Å². The lowest BCUT2D eigenvalue weighted by atomic mass is 10.0. The molecule has 0 saturated heterocycles. The van der Waals surface area contributed by atoms with Crippen molar-refractivity contribution in [3.63, 3.8) is 0 Å². The summed E-state index contributed by atoms with van der Waals surface area (Å²) < 4.78 is 0. The van der Waals surface area contributed by atoms with Crippen molar-refractivity contribution in [2.24, 2.45) is 5.73 Å². The van der Waals surface area contributed by atoms with E-state index in [9.17, 15) is 19.2 Å². The molecule has 2 unspecified atom stereocenters. The highest BCUT2D eigenvalue weighted by molar-refractivity contribution is 5.95. The molecule has 5 N–H and O–H groups in total. The van der Waals surface area contributed by atoms with E-state index >= 15 is 0 Å². The molecule has 0 heterocycles. The molecule has 0 aliphatic rings. The number of hydrogen-bond donors (Lipinski definition) is 4. The molecule has 0 saturated carbocycles. The van der Waals surface area contributed by atoms with Gasteiger partial charge in [0.2, 0.25) is 23.6 Å². The van der Waals surface area contributed by atoms with Gasteiger partial charge in [-0.1, -0.05) is 72.8 Å². The van der Waals surface area contributed by atoms with Gasteiger partial charge in [-0.2, -0.15) is 0 Å². The monoisotopic (exact) mass is 460 g/mol. The van der Waals surface area contributed by atoms with Gasteiger partial charge in [-0.3, -0.25) is 19.2 Å². The van der Waals surface area contributed by atoms with E-state index in [1.165, 1.54) is 6.92 Å². The number of benzene rings is 3. The first-order valence-corrected chi connectivity index (χ1v) is 11.0. The van der Waals surface area contributed by atoms with E-state index in [4.69, 9.17) is 5.73 Å². The van der Waals surface area contributed by atoms with E-state index in [1.807, 2.05) is 48.5 Å². The first kappa shape index (κ1) is 24.4. The number of nitrogens with one attached hydrogen (secondary N) is 3. The molecule has 0 aliphatic heterocycles. The number of carbonyl (C=O) groups excluding carboxylic acids is 4. The molecule has 8 heteroatoms. The lowest BCUT2D eigenvalue weighted by Gasteiger charge is -2.20. The largest absolute Gasteiger partial charge is 0.370 e. The summed E-state index contributed by atoms with van der Waals surface area (Å²) in [5, 5.41) is 10.0. The van der Waals surface area contributed by atoms with Crippen molar-refractivity contribution < 1.29 is 19.2 Å². The minimum absolute atomic E-state index is 0.0461. The molecule has 0 aliphatic carbocycles. The Hall–Kier alpha value is -4.20. The molecule has 4 amide bonds. The third-order valence-corrected chi connectivity index (χ3v) is 5.35. The number of carbonyl (C=O) groups is 4. The predicted octanol–water partition coefficient (Wildman–Crippen LogP) is 1.56. The Morgan fingerprint density at radius 3 is 2.24 bits per heavy atom. The fraction of sp³-hybridized carbons (Fsp3) is 0.231. The number of rotatable bonds is 10. The Morgan fingerprint density at radius 2 is 1.50 bits per heavy atom. The van der Waals surface area contributed by atoms with E-state index in [2.05, 4.69) is 16.0 Å². The normalized spacial score (nSPS) is 12.4. The van der Waals surface area contributed by atoms with Crippen LogP contribution in [0.3, 0.4) is 0 Å². The van der Waals surface area contributed by atoms with Gasteiger partial charge >= 0.3 is 0 Å². The summed E-state index contributed by atoms with van der Waals surface area (Å²) in [6.07, 6.45) is -0.332. The third-order valence-electron chi connectivity index (χ3n) is 5.35. The van der Waals surface area contributed by atoms with Gasteiger partial charge < -0.3 is 21.7 Å². The maximum absolute atomic E-state index is 12.7. The molecule has 3 rings (SSSR count). The molecule has 0 spiro atoms. The Morgan fingerprint density at radius 1 is 0.824 bits per heavy atom. The molecule has 2 atom stereocenters. The van der Waals surface area contributed by atoms with Crippen LogP contribution in [0.1, 0.15) is 24.5 Å². The first-order valence-electron chi connectivity index (χ1n) is 11.0. The lowest BCUT2D eigenvalue weighted by molar-refractivity contribution is -0.133. The van der Waals surface area contributed by atoms with Gasteiger partial charge in [0.05, 0.1) is 12.8 Å². The van der Waals surface area contributed by atoms with Gasteiger partial charge in [0, 0.05) is 6.54 Å². The number of nitrogens with two attached hydrogens (primary N) is 1. The zero-order valence-electron chi connectivity index (χ0n) is 18.9. The summed E-state index contributed by atoms with van der Waals surface area (Å²) in [6, 6.07) is 20.6. The number of primary amides is 1. The fourth-order valence-corrected chi connectivity index (χ4v) is 3.60. The Kier molecular flexibility index (Phi) is 8.34. The van der Waals surface area contributed by atoms with E-state index in [0.29, 0.717) is 6.54 Å². The SMILES string of the molecule is CC(NC(=O)C(CC(N)=O)NC(=O)Cc1ccccc1)C(=O)NCc1cccc2ccccc12. The van der Waals surface area contributed by atoms with Crippen molar-refractivity contribution >= 4 is 34.4 Å². The average molecular weight is 461 g/mol. The number of fused-ring (bicyclic) bond motifs is 1. The molecule has 3 aromatic rings. The molecule has 0 aromatic heterocycles. The maximum atomic E-state index is 12.7. The highest BCUT2D eigenvalue weighted by Gasteiger charge is 2.26. The van der Waals surface area contributed by atoms with Crippen LogP contribution in [0.4, 0.5) is 0 Å². The minimum atomic E-state index is -1.18. The van der Waals surface area contributed by atoms with E-state index < -0.39 is 35.7 Å². The van der Waals surface area contributed by atoms with Crippen molar-refractivity contribution in [3.8, 4) is 0 Å². The molecule has 176 valence electrons. The topological polar surface area (TPSA) is 130 Å². The summed E-state index contributed by atoms with van der Waals surface area (Å²) in [7, 11) is 0. The van der Waals surface area contributed by atoms with E-state index in [-0.39, 0.29) is 12.8 Å². The molecule has 0 bridgehead atoms. The van der Waals surface area contributed by atoms with E-state index in [1.54, 1.807) is 24.3 Å². The second-order valence-corrected chi connectivity index (χ2v) is 8.04. The second-order valence-electron chi connectivity index (χ2n) is 8.04. The van der Waals surface area contributed by atoms with Gasteiger partial charge in [0.15, 0.2) is 0 Å². The zero-order valence-corrected chi connectivity index (χ0v) is 18.9. The van der Waals surface area contributed by atoms with Gasteiger partial charge in [-0.15, -0.1) is 0 Å². The molecule has 0 radical (unpaired) electrons. The molecule has 8 nitrogen and oxygen atoms in total. The summed E-state index contributed by atoms with van der Waals surface area (Å²) in [6.45, 7) is 1.82. The van der Waals surface area contributed by atoms with Crippen LogP contribution in [-0.2, 0) is 32.1 Å². The second kappa shape index (κ2) is 11.6. The van der Waals surface area contributed by atoms with Crippen LogP contribution in [0.2, 0.25) is 0 Å². The van der Waals surface area contributed by atoms with Crippen LogP contribution in [0.25, 0.3) is 10.8 Å². The van der Waals surface area contributed by atoms with Crippen LogP contribution in [0, 0.1) is 0 Å². The molecular weight excluding hydrogens is 432 g/mol. The summed E-state index contributed by atoms with van der Waals surface area (Å²) in [5.74, 6) is -2.23. The lowest BCUT2D eigenvalue weighted by Crippen LogP contribution is -2.53. The molecule has 3 aromatic carbocycles. The van der Waals surface area contributed by atoms with Crippen molar-refractivity contribution in [1.29, 1.82) is 0 Å².